The van der Waals surface area contributed by atoms with Gasteiger partial charge in [-0.3, -0.25) is 4.79 Å². The summed E-state index contributed by atoms with van der Waals surface area (Å²) in [7, 11) is -4.18. The van der Waals surface area contributed by atoms with Crippen LogP contribution in [0.5, 0.6) is 0 Å². The number of halogens is 3. The van der Waals surface area contributed by atoms with Gasteiger partial charge in [-0.15, -0.1) is 0 Å². The molecule has 0 fully saturated rings. The Morgan fingerprint density at radius 3 is 2.56 bits per heavy atom. The second-order valence-electron chi connectivity index (χ2n) is 5.54. The first-order valence-corrected chi connectivity index (χ1v) is 9.75. The van der Waals surface area contributed by atoms with Crippen molar-refractivity contribution in [2.24, 2.45) is 0 Å². The Bertz CT molecular complexity index is 1130. The molecule has 3 aromatic rings. The number of amides is 1. The number of hydrogen-bond donors (Lipinski definition) is 1. The fourth-order valence-electron chi connectivity index (χ4n) is 2.41. The van der Waals surface area contributed by atoms with Crippen molar-refractivity contribution in [3.63, 3.8) is 0 Å². The van der Waals surface area contributed by atoms with Crippen molar-refractivity contribution in [1.82, 2.24) is 14.3 Å². The summed E-state index contributed by atoms with van der Waals surface area (Å²) < 4.78 is 41.6. The molecule has 3 rings (SSSR count). The zero-order chi connectivity index (χ0) is 19.8. The zero-order valence-electron chi connectivity index (χ0n) is 13.8. The predicted octanol–water partition coefficient (Wildman–Crippen LogP) is 3.75. The molecule has 0 spiro atoms. The zero-order valence-corrected chi connectivity index (χ0v) is 16.1. The number of imidazole rings is 1. The lowest BCUT2D eigenvalue weighted by molar-refractivity contribution is 0.0977. The van der Waals surface area contributed by atoms with E-state index in [9.17, 15) is 17.6 Å². The van der Waals surface area contributed by atoms with Crippen molar-refractivity contribution in [2.75, 3.05) is 0 Å². The summed E-state index contributed by atoms with van der Waals surface area (Å²) in [5.41, 5.74) is 0.182. The first kappa shape index (κ1) is 19.3. The Hall–Kier alpha value is -2.42. The maximum atomic E-state index is 13.6. The molecule has 0 atom stereocenters. The van der Waals surface area contributed by atoms with E-state index in [0.717, 1.165) is 6.07 Å². The minimum absolute atomic E-state index is 0.0195. The van der Waals surface area contributed by atoms with Crippen LogP contribution in [0, 0.1) is 12.7 Å². The minimum Gasteiger partial charge on any atom is -0.303 e. The number of hydrogen-bond acceptors (Lipinski definition) is 4. The third-order valence-corrected chi connectivity index (χ3v) is 5.64. The number of carbonyl (C=O) groups is 1. The van der Waals surface area contributed by atoms with Gasteiger partial charge in [0, 0.05) is 11.2 Å². The number of rotatable bonds is 4. The Balaban J connectivity index is 1.92. The highest BCUT2D eigenvalue weighted by molar-refractivity contribution is 7.90. The average Bonchev–Trinajstić information content (AvgIpc) is 2.96. The SMILES string of the molecule is Cc1nc(C(=O)NS(=O)(=O)c2ccccc2Cl)cn1-c1cc(F)cc(Cl)c1. The van der Waals surface area contributed by atoms with Gasteiger partial charge in [0.1, 0.15) is 22.2 Å². The van der Waals surface area contributed by atoms with E-state index in [0.29, 0.717) is 11.5 Å². The summed E-state index contributed by atoms with van der Waals surface area (Å²) in [6.45, 7) is 1.58. The van der Waals surface area contributed by atoms with Gasteiger partial charge in [-0.05, 0) is 37.3 Å². The molecule has 1 aromatic heterocycles. The van der Waals surface area contributed by atoms with Gasteiger partial charge in [0.15, 0.2) is 0 Å². The second kappa shape index (κ2) is 7.30. The van der Waals surface area contributed by atoms with E-state index in [4.69, 9.17) is 23.2 Å². The lowest BCUT2D eigenvalue weighted by Crippen LogP contribution is -2.31. The van der Waals surface area contributed by atoms with Crippen LogP contribution in [0.3, 0.4) is 0 Å². The molecule has 0 bridgehead atoms. The number of nitrogens with one attached hydrogen (secondary N) is 1. The Kier molecular flexibility index (Phi) is 5.23. The summed E-state index contributed by atoms with van der Waals surface area (Å²) in [5.74, 6) is -1.16. The van der Waals surface area contributed by atoms with E-state index in [1.165, 1.54) is 41.1 Å². The summed E-state index contributed by atoms with van der Waals surface area (Å²) in [5, 5.41) is 0.152. The van der Waals surface area contributed by atoms with E-state index in [1.54, 1.807) is 13.0 Å². The molecule has 140 valence electrons. The van der Waals surface area contributed by atoms with Crippen LogP contribution in [0.1, 0.15) is 16.3 Å². The molecular formula is C17H12Cl2FN3O3S. The number of carbonyl (C=O) groups excluding carboxylic acids is 1. The molecule has 0 unspecified atom stereocenters. The van der Waals surface area contributed by atoms with Gasteiger partial charge in [-0.25, -0.2) is 22.5 Å². The topological polar surface area (TPSA) is 81.1 Å². The van der Waals surface area contributed by atoms with Crippen molar-refractivity contribution in [3.8, 4) is 5.69 Å². The summed E-state index contributed by atoms with van der Waals surface area (Å²) in [6, 6.07) is 9.56. The van der Waals surface area contributed by atoms with Gasteiger partial charge < -0.3 is 4.57 Å². The highest BCUT2D eigenvalue weighted by atomic mass is 35.5. The second-order valence-corrected chi connectivity index (χ2v) is 8.03. The number of aromatic nitrogens is 2. The average molecular weight is 428 g/mol. The van der Waals surface area contributed by atoms with Crippen LogP contribution < -0.4 is 4.72 Å². The fourth-order valence-corrected chi connectivity index (χ4v) is 4.11. The highest BCUT2D eigenvalue weighted by Crippen LogP contribution is 2.22. The summed E-state index contributed by atoms with van der Waals surface area (Å²) in [4.78, 5) is 16.2. The standard InChI is InChI=1S/C17H12Cl2FN3O3S/c1-10-21-15(9-23(10)13-7-11(18)6-12(20)8-13)17(24)22-27(25,26)16-5-3-2-4-14(16)19/h2-9H,1H3,(H,22,24). The fraction of sp³-hybridized carbons (Fsp3) is 0.0588. The molecule has 1 heterocycles. The molecule has 0 aliphatic rings. The van der Waals surface area contributed by atoms with E-state index in [-0.39, 0.29) is 20.6 Å². The van der Waals surface area contributed by atoms with Crippen LogP contribution in [0.25, 0.3) is 5.69 Å². The number of sulfonamides is 1. The van der Waals surface area contributed by atoms with Crippen LogP contribution in [-0.2, 0) is 10.0 Å². The van der Waals surface area contributed by atoms with Crippen molar-refractivity contribution >= 4 is 39.1 Å². The molecule has 0 aliphatic heterocycles. The molecule has 1 N–H and O–H groups in total. The quantitative estimate of drug-likeness (QED) is 0.687. The molecular weight excluding hydrogens is 416 g/mol. The van der Waals surface area contributed by atoms with E-state index < -0.39 is 21.7 Å². The molecule has 2 aromatic carbocycles. The molecule has 27 heavy (non-hydrogen) atoms. The number of aryl methyl sites for hydroxylation is 1. The first-order chi connectivity index (χ1) is 12.7. The molecule has 10 heteroatoms. The summed E-state index contributed by atoms with van der Waals surface area (Å²) in [6.07, 6.45) is 1.29. The maximum absolute atomic E-state index is 13.6. The molecule has 1 amide bonds. The van der Waals surface area contributed by atoms with Gasteiger partial charge >= 0.3 is 0 Å². The van der Waals surface area contributed by atoms with Crippen LogP contribution in [0.4, 0.5) is 4.39 Å². The van der Waals surface area contributed by atoms with E-state index in [2.05, 4.69) is 4.98 Å². The van der Waals surface area contributed by atoms with Crippen molar-refractivity contribution in [3.05, 3.63) is 76.0 Å². The molecule has 0 saturated carbocycles. The van der Waals surface area contributed by atoms with Gasteiger partial charge in [0.2, 0.25) is 0 Å². The van der Waals surface area contributed by atoms with Gasteiger partial charge in [-0.2, -0.15) is 0 Å². The Morgan fingerprint density at radius 2 is 1.89 bits per heavy atom. The Morgan fingerprint density at radius 1 is 1.19 bits per heavy atom. The maximum Gasteiger partial charge on any atom is 0.285 e. The van der Waals surface area contributed by atoms with Gasteiger partial charge in [0.25, 0.3) is 15.9 Å². The molecule has 6 nitrogen and oxygen atoms in total. The normalized spacial score (nSPS) is 11.4. The lowest BCUT2D eigenvalue weighted by Gasteiger charge is -2.07. The lowest BCUT2D eigenvalue weighted by atomic mass is 10.3. The largest absolute Gasteiger partial charge is 0.303 e. The van der Waals surface area contributed by atoms with Crippen LogP contribution in [0.2, 0.25) is 10.0 Å². The molecule has 0 radical (unpaired) electrons. The molecule has 0 saturated heterocycles. The van der Waals surface area contributed by atoms with Crippen molar-refractivity contribution in [1.29, 1.82) is 0 Å². The number of benzene rings is 2. The van der Waals surface area contributed by atoms with Crippen molar-refractivity contribution in [2.45, 2.75) is 11.8 Å². The predicted molar refractivity (Wildman–Crippen MR) is 99.4 cm³/mol. The highest BCUT2D eigenvalue weighted by Gasteiger charge is 2.23. The van der Waals surface area contributed by atoms with Crippen LogP contribution in [-0.4, -0.2) is 23.9 Å². The van der Waals surface area contributed by atoms with Gasteiger partial charge in [-0.1, -0.05) is 35.3 Å². The third kappa shape index (κ3) is 4.13. The molecule has 0 aliphatic carbocycles. The Labute approximate surface area is 164 Å². The van der Waals surface area contributed by atoms with E-state index in [1.807, 2.05) is 4.72 Å². The van der Waals surface area contributed by atoms with E-state index >= 15 is 0 Å². The van der Waals surface area contributed by atoms with Crippen LogP contribution in [0.15, 0.2) is 53.6 Å². The smallest absolute Gasteiger partial charge is 0.285 e. The third-order valence-electron chi connectivity index (χ3n) is 3.59. The number of nitrogens with zero attached hydrogens (tertiary/aromatic N) is 2. The summed E-state index contributed by atoms with van der Waals surface area (Å²) >= 11 is 11.7. The first-order valence-electron chi connectivity index (χ1n) is 7.51. The van der Waals surface area contributed by atoms with Gasteiger partial charge in [0.05, 0.1) is 10.7 Å². The minimum atomic E-state index is -4.18. The van der Waals surface area contributed by atoms with Crippen molar-refractivity contribution < 1.29 is 17.6 Å². The van der Waals surface area contributed by atoms with Crippen LogP contribution >= 0.6 is 23.2 Å². The monoisotopic (exact) mass is 427 g/mol.